The van der Waals surface area contributed by atoms with Crippen molar-refractivity contribution in [3.8, 4) is 0 Å². The van der Waals surface area contributed by atoms with Crippen molar-refractivity contribution in [2.45, 2.75) is 12.2 Å². The van der Waals surface area contributed by atoms with Crippen molar-refractivity contribution < 1.29 is 24.9 Å². The van der Waals surface area contributed by atoms with Crippen LogP contribution in [0.2, 0.25) is 0 Å². The third-order valence-electron chi connectivity index (χ3n) is 1.70. The second kappa shape index (κ2) is 7.69. The van der Waals surface area contributed by atoms with Gasteiger partial charge in [0.05, 0.1) is 19.3 Å². The summed E-state index contributed by atoms with van der Waals surface area (Å²) >= 11 is 0. The summed E-state index contributed by atoms with van der Waals surface area (Å²) in [6.07, 6.45) is -1.42. The summed E-state index contributed by atoms with van der Waals surface area (Å²) in [7, 11) is 1.69. The maximum absolute atomic E-state index is 9.99. The molecular weight excluding hydrogens is 190 g/mol. The Balaban J connectivity index is 3.77. The summed E-state index contributed by atoms with van der Waals surface area (Å²) in [4.78, 5) is 11.7. The molecule has 6 heteroatoms. The van der Waals surface area contributed by atoms with Crippen molar-refractivity contribution in [1.29, 1.82) is 0 Å². The van der Waals surface area contributed by atoms with E-state index in [0.717, 1.165) is 0 Å². The zero-order valence-corrected chi connectivity index (χ0v) is 8.17. The molecule has 2 atom stereocenters. The summed E-state index contributed by atoms with van der Waals surface area (Å²) in [5, 5.41) is 26.4. The van der Waals surface area contributed by atoms with Gasteiger partial charge in [0.2, 0.25) is 0 Å². The number of aliphatic hydroxyl groups is 3. The van der Waals surface area contributed by atoms with Gasteiger partial charge in [-0.2, -0.15) is 0 Å². The van der Waals surface area contributed by atoms with Gasteiger partial charge >= 0.3 is 0 Å². The number of carbonyl (C=O) groups is 1. The molecule has 0 bridgehead atoms. The van der Waals surface area contributed by atoms with Gasteiger partial charge in [0.1, 0.15) is 6.10 Å². The summed E-state index contributed by atoms with van der Waals surface area (Å²) in [6, 6.07) is 0. The van der Waals surface area contributed by atoms with E-state index in [1.165, 1.54) is 0 Å². The molecule has 0 aromatic heterocycles. The van der Waals surface area contributed by atoms with Crippen LogP contribution in [0.4, 0.5) is 0 Å². The Morgan fingerprint density at radius 2 is 2.00 bits per heavy atom. The standard InChI is InChI=1S/C8H17NO5/c1-9(2-7(13)4-10)3-8(5-11)14-6-12/h6-8,10-11,13H,2-5H2,1H3. The van der Waals surface area contributed by atoms with Gasteiger partial charge in [-0.1, -0.05) is 0 Å². The average molecular weight is 207 g/mol. The number of hydrogen-bond donors (Lipinski definition) is 3. The second-order valence-electron chi connectivity index (χ2n) is 3.09. The van der Waals surface area contributed by atoms with E-state index in [2.05, 4.69) is 4.74 Å². The molecule has 0 rings (SSSR count). The topological polar surface area (TPSA) is 90.2 Å². The Kier molecular flexibility index (Phi) is 7.31. The lowest BCUT2D eigenvalue weighted by Crippen LogP contribution is -2.38. The average Bonchev–Trinajstić information content (AvgIpc) is 2.16. The van der Waals surface area contributed by atoms with Crippen LogP contribution in [-0.2, 0) is 9.53 Å². The molecule has 0 heterocycles. The van der Waals surface area contributed by atoms with E-state index < -0.39 is 12.2 Å². The van der Waals surface area contributed by atoms with Crippen molar-refractivity contribution in [3.05, 3.63) is 0 Å². The number of rotatable bonds is 8. The number of likely N-dealkylation sites (N-methyl/N-ethyl adjacent to an activating group) is 1. The van der Waals surface area contributed by atoms with Gasteiger partial charge in [0, 0.05) is 13.1 Å². The molecule has 0 saturated carbocycles. The van der Waals surface area contributed by atoms with Gasteiger partial charge < -0.3 is 20.1 Å². The maximum Gasteiger partial charge on any atom is 0.293 e. The van der Waals surface area contributed by atoms with Crippen molar-refractivity contribution in [3.63, 3.8) is 0 Å². The first kappa shape index (κ1) is 13.3. The molecule has 0 aromatic carbocycles. The fraction of sp³-hybridized carbons (Fsp3) is 0.875. The van der Waals surface area contributed by atoms with E-state index in [4.69, 9.17) is 15.3 Å². The Hall–Kier alpha value is -0.690. The summed E-state index contributed by atoms with van der Waals surface area (Å²) in [6.45, 7) is 0.264. The number of hydrogen-bond acceptors (Lipinski definition) is 6. The monoisotopic (exact) mass is 207 g/mol. The molecular formula is C8H17NO5. The molecule has 6 nitrogen and oxygen atoms in total. The minimum absolute atomic E-state index is 0.259. The van der Waals surface area contributed by atoms with Crippen LogP contribution in [0.15, 0.2) is 0 Å². The van der Waals surface area contributed by atoms with Gasteiger partial charge in [0.25, 0.3) is 6.47 Å². The lowest BCUT2D eigenvalue weighted by Gasteiger charge is -2.22. The zero-order valence-electron chi connectivity index (χ0n) is 8.17. The molecule has 3 N–H and O–H groups in total. The Morgan fingerprint density at radius 3 is 2.43 bits per heavy atom. The molecule has 0 fully saturated rings. The first-order valence-electron chi connectivity index (χ1n) is 4.31. The van der Waals surface area contributed by atoms with Crippen LogP contribution in [0.1, 0.15) is 0 Å². The molecule has 0 amide bonds. The van der Waals surface area contributed by atoms with E-state index in [9.17, 15) is 4.79 Å². The predicted octanol–water partition coefficient (Wildman–Crippen LogP) is -2.19. The number of carbonyl (C=O) groups excluding carboxylic acids is 1. The van der Waals surface area contributed by atoms with Crippen LogP contribution < -0.4 is 0 Å². The fourth-order valence-electron chi connectivity index (χ4n) is 1.06. The molecule has 2 unspecified atom stereocenters. The van der Waals surface area contributed by atoms with E-state index >= 15 is 0 Å². The minimum Gasteiger partial charge on any atom is -0.461 e. The molecule has 0 aliphatic carbocycles. The first-order chi connectivity index (χ1) is 6.63. The van der Waals surface area contributed by atoms with Gasteiger partial charge in [-0.3, -0.25) is 9.69 Å². The summed E-state index contributed by atoms with van der Waals surface area (Å²) in [5.74, 6) is 0. The summed E-state index contributed by atoms with van der Waals surface area (Å²) < 4.78 is 4.56. The fourth-order valence-corrected chi connectivity index (χ4v) is 1.06. The Labute approximate surface area is 82.7 Å². The second-order valence-corrected chi connectivity index (χ2v) is 3.09. The Bertz CT molecular complexity index is 155. The van der Waals surface area contributed by atoms with E-state index in [0.29, 0.717) is 6.54 Å². The minimum atomic E-state index is -0.824. The smallest absolute Gasteiger partial charge is 0.293 e. The highest BCUT2D eigenvalue weighted by atomic mass is 16.5. The summed E-state index contributed by atoms with van der Waals surface area (Å²) in [5.41, 5.74) is 0. The van der Waals surface area contributed by atoms with Gasteiger partial charge in [-0.25, -0.2) is 0 Å². The number of nitrogens with zero attached hydrogens (tertiary/aromatic N) is 1. The van der Waals surface area contributed by atoms with Crippen LogP contribution in [0.3, 0.4) is 0 Å². The molecule has 0 aromatic rings. The number of ether oxygens (including phenoxy) is 1. The zero-order chi connectivity index (χ0) is 11.0. The highest BCUT2D eigenvalue weighted by Gasteiger charge is 2.13. The van der Waals surface area contributed by atoms with Crippen LogP contribution in [0, 0.1) is 0 Å². The molecule has 0 saturated heterocycles. The van der Waals surface area contributed by atoms with Gasteiger partial charge in [-0.15, -0.1) is 0 Å². The molecule has 0 aliphatic heterocycles. The van der Waals surface area contributed by atoms with E-state index in [1.807, 2.05) is 0 Å². The third kappa shape index (κ3) is 5.87. The molecule has 0 spiro atoms. The van der Waals surface area contributed by atoms with Crippen LogP contribution in [-0.4, -0.2) is 72.3 Å². The van der Waals surface area contributed by atoms with Gasteiger partial charge in [0.15, 0.2) is 0 Å². The highest BCUT2D eigenvalue weighted by Crippen LogP contribution is 1.95. The van der Waals surface area contributed by atoms with Gasteiger partial charge in [-0.05, 0) is 7.05 Å². The molecule has 14 heavy (non-hydrogen) atoms. The van der Waals surface area contributed by atoms with Crippen LogP contribution >= 0.6 is 0 Å². The lowest BCUT2D eigenvalue weighted by molar-refractivity contribution is -0.136. The van der Waals surface area contributed by atoms with E-state index in [1.54, 1.807) is 11.9 Å². The van der Waals surface area contributed by atoms with Crippen molar-refractivity contribution in [2.24, 2.45) is 0 Å². The first-order valence-corrected chi connectivity index (χ1v) is 4.31. The van der Waals surface area contributed by atoms with Crippen molar-refractivity contribution >= 4 is 6.47 Å². The molecule has 84 valence electrons. The van der Waals surface area contributed by atoms with Crippen molar-refractivity contribution in [2.75, 3.05) is 33.4 Å². The predicted molar refractivity (Wildman–Crippen MR) is 48.6 cm³/mol. The lowest BCUT2D eigenvalue weighted by atomic mass is 10.3. The molecule has 0 aliphatic rings. The number of aliphatic hydroxyl groups excluding tert-OH is 3. The Morgan fingerprint density at radius 1 is 1.36 bits per heavy atom. The van der Waals surface area contributed by atoms with Crippen molar-refractivity contribution in [1.82, 2.24) is 4.90 Å². The van der Waals surface area contributed by atoms with Crippen LogP contribution in [0.25, 0.3) is 0 Å². The quantitative estimate of drug-likeness (QED) is 0.391. The van der Waals surface area contributed by atoms with E-state index in [-0.39, 0.29) is 26.2 Å². The largest absolute Gasteiger partial charge is 0.461 e. The normalized spacial score (nSPS) is 15.2. The SMILES string of the molecule is CN(CC(O)CO)CC(CO)OC=O. The molecule has 0 radical (unpaired) electrons. The maximum atomic E-state index is 9.99. The van der Waals surface area contributed by atoms with Crippen LogP contribution in [0.5, 0.6) is 0 Å². The third-order valence-corrected chi connectivity index (χ3v) is 1.70. The highest BCUT2D eigenvalue weighted by molar-refractivity contribution is 5.37.